The zero-order chi connectivity index (χ0) is 14.7. The fourth-order valence-electron chi connectivity index (χ4n) is 1.57. The molecule has 0 fully saturated rings. The zero-order valence-electron chi connectivity index (χ0n) is 10.3. The molecule has 1 aromatic carbocycles. The van der Waals surface area contributed by atoms with Gasteiger partial charge in [0.15, 0.2) is 0 Å². The number of halogens is 3. The van der Waals surface area contributed by atoms with Crippen molar-refractivity contribution in [3.05, 3.63) is 49.6 Å². The van der Waals surface area contributed by atoms with Crippen LogP contribution in [0.5, 0.6) is 5.75 Å². The van der Waals surface area contributed by atoms with Crippen molar-refractivity contribution < 1.29 is 9.53 Å². The van der Waals surface area contributed by atoms with E-state index in [1.165, 1.54) is 19.2 Å². The van der Waals surface area contributed by atoms with Crippen LogP contribution in [-0.4, -0.2) is 18.0 Å². The van der Waals surface area contributed by atoms with Crippen LogP contribution in [0, 0.1) is 3.57 Å². The number of carbonyl (C=O) groups excluding carboxylic acids is 1. The summed E-state index contributed by atoms with van der Waals surface area (Å²) < 4.78 is 6.11. The molecular weight excluding hydrogens is 414 g/mol. The van der Waals surface area contributed by atoms with Crippen LogP contribution < -0.4 is 10.1 Å². The molecule has 1 N–H and O–H groups in total. The molecule has 0 saturated carbocycles. The van der Waals surface area contributed by atoms with E-state index in [0.29, 0.717) is 10.8 Å². The van der Waals surface area contributed by atoms with Gasteiger partial charge in [-0.2, -0.15) is 0 Å². The molecule has 1 heterocycles. The minimum Gasteiger partial charge on any atom is -0.494 e. The third kappa shape index (κ3) is 3.53. The van der Waals surface area contributed by atoms with Crippen molar-refractivity contribution in [1.29, 1.82) is 0 Å². The van der Waals surface area contributed by atoms with Crippen LogP contribution in [0.25, 0.3) is 0 Å². The van der Waals surface area contributed by atoms with Crippen LogP contribution in [-0.2, 0) is 0 Å². The molecule has 0 bridgehead atoms. The van der Waals surface area contributed by atoms with Gasteiger partial charge in [-0.25, -0.2) is 4.98 Å². The highest BCUT2D eigenvalue weighted by atomic mass is 127. The van der Waals surface area contributed by atoms with E-state index in [2.05, 4.69) is 32.9 Å². The Hall–Kier alpha value is -1.05. The summed E-state index contributed by atoms with van der Waals surface area (Å²) in [5, 5.41) is 3.30. The first-order valence-corrected chi connectivity index (χ1v) is 7.30. The van der Waals surface area contributed by atoms with Crippen molar-refractivity contribution in [2.75, 3.05) is 12.4 Å². The van der Waals surface area contributed by atoms with Crippen molar-refractivity contribution >= 4 is 57.5 Å². The topological polar surface area (TPSA) is 51.2 Å². The molecule has 0 saturated heterocycles. The third-order valence-corrected chi connectivity index (χ3v) is 3.56. The molecule has 0 unspecified atom stereocenters. The van der Waals surface area contributed by atoms with Crippen molar-refractivity contribution in [3.8, 4) is 5.75 Å². The molecule has 0 aliphatic heterocycles. The van der Waals surface area contributed by atoms with Crippen LogP contribution in [0.15, 0.2) is 30.5 Å². The fourth-order valence-corrected chi connectivity index (χ4v) is 2.46. The summed E-state index contributed by atoms with van der Waals surface area (Å²) in [6.45, 7) is 0. The van der Waals surface area contributed by atoms with Gasteiger partial charge in [0.25, 0.3) is 5.91 Å². The minimum atomic E-state index is -0.389. The average molecular weight is 423 g/mol. The second-order valence-corrected chi connectivity index (χ2v) is 5.87. The Balaban J connectivity index is 2.31. The first-order valence-electron chi connectivity index (χ1n) is 5.47. The number of nitrogens with zero attached hydrogens (tertiary/aromatic N) is 1. The molecule has 1 aromatic heterocycles. The standard InChI is InChI=1S/C13H9Cl2IN2O2/c1-20-12-9(4-7(14)5-10(12)15)13(19)18-11-3-2-8(16)6-17-11/h2-6H,1H3,(H,17,18,19). The molecule has 7 heteroatoms. The lowest BCUT2D eigenvalue weighted by Crippen LogP contribution is -2.14. The summed E-state index contributed by atoms with van der Waals surface area (Å²) in [7, 11) is 1.44. The molecule has 0 atom stereocenters. The van der Waals surface area contributed by atoms with Gasteiger partial charge < -0.3 is 10.1 Å². The van der Waals surface area contributed by atoms with Gasteiger partial charge in [0.05, 0.1) is 17.7 Å². The van der Waals surface area contributed by atoms with Gasteiger partial charge in [-0.05, 0) is 46.9 Å². The average Bonchev–Trinajstić information content (AvgIpc) is 2.40. The van der Waals surface area contributed by atoms with Gasteiger partial charge in [-0.15, -0.1) is 0 Å². The second kappa shape index (κ2) is 6.60. The Labute approximate surface area is 139 Å². The van der Waals surface area contributed by atoms with E-state index in [9.17, 15) is 4.79 Å². The molecule has 2 rings (SSSR count). The summed E-state index contributed by atoms with van der Waals surface area (Å²) in [6, 6.07) is 6.56. The van der Waals surface area contributed by atoms with Crippen molar-refractivity contribution in [2.45, 2.75) is 0 Å². The summed E-state index contributed by atoms with van der Waals surface area (Å²) in [4.78, 5) is 16.3. The van der Waals surface area contributed by atoms with Crippen LogP contribution in [0.3, 0.4) is 0 Å². The number of carbonyl (C=O) groups is 1. The van der Waals surface area contributed by atoms with E-state index < -0.39 is 0 Å². The molecule has 0 spiro atoms. The van der Waals surface area contributed by atoms with E-state index in [0.717, 1.165) is 3.57 Å². The number of methoxy groups -OCH3 is 1. The van der Waals surface area contributed by atoms with Crippen molar-refractivity contribution in [1.82, 2.24) is 4.98 Å². The molecule has 0 aliphatic rings. The number of rotatable bonds is 3. The van der Waals surface area contributed by atoms with E-state index in [1.807, 2.05) is 6.07 Å². The molecule has 0 aliphatic carbocycles. The molecule has 0 radical (unpaired) electrons. The Morgan fingerprint density at radius 1 is 1.35 bits per heavy atom. The Morgan fingerprint density at radius 3 is 2.70 bits per heavy atom. The predicted octanol–water partition coefficient (Wildman–Crippen LogP) is 4.25. The Bertz CT molecular complexity index is 648. The number of ether oxygens (including phenoxy) is 1. The molecular formula is C13H9Cl2IN2O2. The maximum absolute atomic E-state index is 12.2. The normalized spacial score (nSPS) is 10.2. The number of nitrogens with one attached hydrogen (secondary N) is 1. The van der Waals surface area contributed by atoms with Gasteiger partial charge in [-0.1, -0.05) is 23.2 Å². The first-order chi connectivity index (χ1) is 9.51. The highest BCUT2D eigenvalue weighted by Gasteiger charge is 2.17. The largest absolute Gasteiger partial charge is 0.494 e. The van der Waals surface area contributed by atoms with E-state index >= 15 is 0 Å². The van der Waals surface area contributed by atoms with E-state index in [-0.39, 0.29) is 22.2 Å². The zero-order valence-corrected chi connectivity index (χ0v) is 14.0. The van der Waals surface area contributed by atoms with Crippen LogP contribution >= 0.6 is 45.8 Å². The van der Waals surface area contributed by atoms with Crippen molar-refractivity contribution in [2.24, 2.45) is 0 Å². The fraction of sp³-hybridized carbons (Fsp3) is 0.0769. The number of aromatic nitrogens is 1. The van der Waals surface area contributed by atoms with E-state index in [4.69, 9.17) is 27.9 Å². The number of anilines is 1. The first kappa shape index (κ1) is 15.3. The smallest absolute Gasteiger partial charge is 0.260 e. The van der Waals surface area contributed by atoms with Crippen molar-refractivity contribution in [3.63, 3.8) is 0 Å². The van der Waals surface area contributed by atoms with E-state index in [1.54, 1.807) is 12.3 Å². The van der Waals surface area contributed by atoms with Gasteiger partial charge in [0.1, 0.15) is 11.6 Å². The number of hydrogen-bond acceptors (Lipinski definition) is 3. The van der Waals surface area contributed by atoms with Gasteiger partial charge >= 0.3 is 0 Å². The number of pyridine rings is 1. The lowest BCUT2D eigenvalue weighted by molar-refractivity contribution is 0.102. The Kier molecular flexibility index (Phi) is 5.06. The molecule has 104 valence electrons. The molecule has 20 heavy (non-hydrogen) atoms. The monoisotopic (exact) mass is 422 g/mol. The third-order valence-electron chi connectivity index (χ3n) is 2.43. The SMILES string of the molecule is COc1c(Cl)cc(Cl)cc1C(=O)Nc1ccc(I)cn1. The van der Waals surface area contributed by atoms with Gasteiger partial charge in [0, 0.05) is 14.8 Å². The summed E-state index contributed by atoms with van der Waals surface area (Å²) in [6.07, 6.45) is 1.65. The summed E-state index contributed by atoms with van der Waals surface area (Å²) in [5.74, 6) is 0.326. The van der Waals surface area contributed by atoms with Gasteiger partial charge in [0.2, 0.25) is 0 Å². The molecule has 4 nitrogen and oxygen atoms in total. The predicted molar refractivity (Wildman–Crippen MR) is 87.9 cm³/mol. The van der Waals surface area contributed by atoms with Gasteiger partial charge in [-0.3, -0.25) is 4.79 Å². The van der Waals surface area contributed by atoms with Crippen LogP contribution in [0.4, 0.5) is 5.82 Å². The highest BCUT2D eigenvalue weighted by Crippen LogP contribution is 2.32. The summed E-state index contributed by atoms with van der Waals surface area (Å²) >= 11 is 14.0. The maximum Gasteiger partial charge on any atom is 0.260 e. The number of hydrogen-bond donors (Lipinski definition) is 1. The molecule has 1 amide bonds. The number of benzene rings is 1. The minimum absolute atomic E-state index is 0.255. The quantitative estimate of drug-likeness (QED) is 0.752. The maximum atomic E-state index is 12.2. The second-order valence-electron chi connectivity index (χ2n) is 3.78. The highest BCUT2D eigenvalue weighted by molar-refractivity contribution is 14.1. The van der Waals surface area contributed by atoms with Crippen LogP contribution in [0.2, 0.25) is 10.0 Å². The lowest BCUT2D eigenvalue weighted by Gasteiger charge is -2.11. The summed E-state index contributed by atoms with van der Waals surface area (Å²) in [5.41, 5.74) is 0.255. The molecule has 2 aromatic rings. The van der Waals surface area contributed by atoms with Crippen LogP contribution in [0.1, 0.15) is 10.4 Å². The number of amides is 1. The lowest BCUT2D eigenvalue weighted by atomic mass is 10.2. The Morgan fingerprint density at radius 2 is 2.10 bits per heavy atom.